The van der Waals surface area contributed by atoms with E-state index in [1.165, 1.54) is 12.8 Å². The Labute approximate surface area is 103 Å². The van der Waals surface area contributed by atoms with Gasteiger partial charge in [0.25, 0.3) is 0 Å². The van der Waals surface area contributed by atoms with Crippen molar-refractivity contribution in [2.75, 3.05) is 18.4 Å². The first-order valence-electron chi connectivity index (χ1n) is 6.34. The van der Waals surface area contributed by atoms with Gasteiger partial charge in [-0.05, 0) is 44.9 Å². The Bertz CT molecular complexity index is 384. The molecule has 3 nitrogen and oxygen atoms in total. The third kappa shape index (κ3) is 3.56. The van der Waals surface area contributed by atoms with E-state index in [1.807, 2.05) is 24.3 Å². The van der Waals surface area contributed by atoms with Gasteiger partial charge in [-0.15, -0.1) is 0 Å². The van der Waals surface area contributed by atoms with Crippen LogP contribution in [0.15, 0.2) is 24.3 Å². The summed E-state index contributed by atoms with van der Waals surface area (Å²) in [6.45, 7) is 3.71. The lowest BCUT2D eigenvalue weighted by Gasteiger charge is -2.12. The molecule has 1 saturated heterocycles. The Morgan fingerprint density at radius 1 is 1.53 bits per heavy atom. The number of hydrogen-bond donors (Lipinski definition) is 2. The van der Waals surface area contributed by atoms with Crippen molar-refractivity contribution in [1.82, 2.24) is 5.32 Å². The highest BCUT2D eigenvalue weighted by Crippen LogP contribution is 2.13. The van der Waals surface area contributed by atoms with E-state index in [0.29, 0.717) is 6.04 Å². The van der Waals surface area contributed by atoms with Crippen LogP contribution in [0.2, 0.25) is 0 Å². The van der Waals surface area contributed by atoms with Gasteiger partial charge in [-0.25, -0.2) is 0 Å². The summed E-state index contributed by atoms with van der Waals surface area (Å²) >= 11 is 0. The Kier molecular flexibility index (Phi) is 4.15. The maximum atomic E-state index is 11.2. The highest BCUT2D eigenvalue weighted by Gasteiger charge is 2.12. The molecule has 1 heterocycles. The summed E-state index contributed by atoms with van der Waals surface area (Å²) in [5, 5.41) is 6.85. The quantitative estimate of drug-likeness (QED) is 0.766. The summed E-state index contributed by atoms with van der Waals surface area (Å²) in [5.74, 6) is 0.117. The summed E-state index contributed by atoms with van der Waals surface area (Å²) in [4.78, 5) is 11.2. The van der Waals surface area contributed by atoms with Crippen LogP contribution in [-0.4, -0.2) is 24.9 Å². The fourth-order valence-electron chi connectivity index (χ4n) is 2.24. The number of rotatable bonds is 5. The first-order valence-corrected chi connectivity index (χ1v) is 6.34. The average molecular weight is 232 g/mol. The van der Waals surface area contributed by atoms with E-state index in [4.69, 9.17) is 0 Å². The summed E-state index contributed by atoms with van der Waals surface area (Å²) in [5.41, 5.74) is 1.81. The van der Waals surface area contributed by atoms with Gasteiger partial charge < -0.3 is 10.6 Å². The number of hydrogen-bond acceptors (Lipinski definition) is 3. The molecule has 0 spiro atoms. The fraction of sp³-hybridized carbons (Fsp3) is 0.500. The lowest BCUT2D eigenvalue weighted by atomic mass is 10.1. The van der Waals surface area contributed by atoms with Crippen molar-refractivity contribution in [2.24, 2.45) is 0 Å². The number of Topliss-reactive ketones (excluding diaryl/α,β-unsaturated/α-hetero) is 1. The van der Waals surface area contributed by atoms with Crippen LogP contribution < -0.4 is 10.6 Å². The van der Waals surface area contributed by atoms with Gasteiger partial charge >= 0.3 is 0 Å². The predicted octanol–water partition coefficient (Wildman–Crippen LogP) is 2.44. The molecule has 2 N–H and O–H groups in total. The zero-order valence-corrected chi connectivity index (χ0v) is 10.3. The molecular formula is C14H20N2O. The topological polar surface area (TPSA) is 41.1 Å². The van der Waals surface area contributed by atoms with Crippen molar-refractivity contribution in [3.05, 3.63) is 29.8 Å². The molecular weight excluding hydrogens is 212 g/mol. The highest BCUT2D eigenvalue weighted by atomic mass is 16.1. The number of carbonyl (C=O) groups is 1. The number of nitrogens with one attached hydrogen (secondary N) is 2. The summed E-state index contributed by atoms with van der Waals surface area (Å²) in [7, 11) is 0. The maximum absolute atomic E-state index is 11.2. The van der Waals surface area contributed by atoms with E-state index in [0.717, 1.165) is 30.8 Å². The van der Waals surface area contributed by atoms with Gasteiger partial charge in [0.15, 0.2) is 5.78 Å². The van der Waals surface area contributed by atoms with E-state index in [9.17, 15) is 4.79 Å². The molecule has 0 saturated carbocycles. The van der Waals surface area contributed by atoms with Gasteiger partial charge in [-0.2, -0.15) is 0 Å². The Morgan fingerprint density at radius 2 is 2.41 bits per heavy atom. The molecule has 1 aliphatic heterocycles. The number of carbonyl (C=O) groups excluding carboxylic acids is 1. The molecule has 3 heteroatoms. The number of anilines is 1. The third-order valence-electron chi connectivity index (χ3n) is 3.25. The molecule has 1 aromatic rings. The highest BCUT2D eigenvalue weighted by molar-refractivity contribution is 5.94. The number of ketones is 1. The minimum atomic E-state index is 0.117. The SMILES string of the molecule is CC(=O)c1cccc(NCCC2CCCN2)c1. The van der Waals surface area contributed by atoms with Gasteiger partial charge in [-0.3, -0.25) is 4.79 Å². The minimum Gasteiger partial charge on any atom is -0.385 e. The van der Waals surface area contributed by atoms with Gasteiger partial charge in [0, 0.05) is 23.8 Å². The van der Waals surface area contributed by atoms with Crippen LogP contribution in [-0.2, 0) is 0 Å². The van der Waals surface area contributed by atoms with Crippen molar-refractivity contribution in [1.29, 1.82) is 0 Å². The smallest absolute Gasteiger partial charge is 0.159 e. The fourth-order valence-corrected chi connectivity index (χ4v) is 2.24. The Balaban J connectivity index is 1.81. The standard InChI is InChI=1S/C14H20N2O/c1-11(17)12-4-2-5-14(10-12)16-9-7-13-6-3-8-15-13/h2,4-5,10,13,15-16H,3,6-9H2,1H3. The van der Waals surface area contributed by atoms with E-state index in [2.05, 4.69) is 10.6 Å². The Hall–Kier alpha value is -1.35. The van der Waals surface area contributed by atoms with Crippen molar-refractivity contribution in [2.45, 2.75) is 32.2 Å². The second-order valence-electron chi connectivity index (χ2n) is 4.65. The molecule has 0 amide bonds. The minimum absolute atomic E-state index is 0.117. The first-order chi connectivity index (χ1) is 8.25. The van der Waals surface area contributed by atoms with Crippen molar-refractivity contribution in [3.8, 4) is 0 Å². The Morgan fingerprint density at radius 3 is 3.12 bits per heavy atom. The lowest BCUT2D eigenvalue weighted by Crippen LogP contribution is -2.24. The van der Waals surface area contributed by atoms with Crippen LogP contribution in [0.1, 0.15) is 36.5 Å². The van der Waals surface area contributed by atoms with Crippen LogP contribution in [0.25, 0.3) is 0 Å². The second-order valence-corrected chi connectivity index (χ2v) is 4.65. The molecule has 1 aromatic carbocycles. The molecule has 1 atom stereocenters. The third-order valence-corrected chi connectivity index (χ3v) is 3.25. The largest absolute Gasteiger partial charge is 0.385 e. The van der Waals surface area contributed by atoms with Crippen LogP contribution in [0.3, 0.4) is 0 Å². The predicted molar refractivity (Wildman–Crippen MR) is 70.6 cm³/mol. The monoisotopic (exact) mass is 232 g/mol. The zero-order valence-electron chi connectivity index (χ0n) is 10.3. The molecule has 2 rings (SSSR count). The van der Waals surface area contributed by atoms with Gasteiger partial charge in [0.1, 0.15) is 0 Å². The summed E-state index contributed by atoms with van der Waals surface area (Å²) in [6.07, 6.45) is 3.73. The van der Waals surface area contributed by atoms with Crippen molar-refractivity contribution >= 4 is 11.5 Å². The normalized spacial score (nSPS) is 19.2. The zero-order chi connectivity index (χ0) is 12.1. The average Bonchev–Trinajstić information content (AvgIpc) is 2.82. The van der Waals surface area contributed by atoms with Crippen LogP contribution in [0, 0.1) is 0 Å². The van der Waals surface area contributed by atoms with Crippen molar-refractivity contribution in [3.63, 3.8) is 0 Å². The van der Waals surface area contributed by atoms with Gasteiger partial charge in [0.2, 0.25) is 0 Å². The van der Waals surface area contributed by atoms with E-state index in [-0.39, 0.29) is 5.78 Å². The second kappa shape index (κ2) is 5.82. The van der Waals surface area contributed by atoms with Crippen LogP contribution in [0.5, 0.6) is 0 Å². The molecule has 0 aliphatic carbocycles. The van der Waals surface area contributed by atoms with Crippen molar-refractivity contribution < 1.29 is 4.79 Å². The molecule has 0 radical (unpaired) electrons. The number of benzene rings is 1. The maximum Gasteiger partial charge on any atom is 0.159 e. The van der Waals surface area contributed by atoms with Crippen LogP contribution in [0.4, 0.5) is 5.69 Å². The van der Waals surface area contributed by atoms with E-state index in [1.54, 1.807) is 6.92 Å². The lowest BCUT2D eigenvalue weighted by molar-refractivity contribution is 0.101. The van der Waals surface area contributed by atoms with Crippen LogP contribution >= 0.6 is 0 Å². The van der Waals surface area contributed by atoms with Gasteiger partial charge in [-0.1, -0.05) is 12.1 Å². The molecule has 17 heavy (non-hydrogen) atoms. The molecule has 1 unspecified atom stereocenters. The molecule has 1 fully saturated rings. The molecule has 0 bridgehead atoms. The molecule has 1 aliphatic rings. The molecule has 0 aromatic heterocycles. The molecule has 92 valence electrons. The van der Waals surface area contributed by atoms with E-state index < -0.39 is 0 Å². The summed E-state index contributed by atoms with van der Waals surface area (Å²) in [6, 6.07) is 8.37. The summed E-state index contributed by atoms with van der Waals surface area (Å²) < 4.78 is 0. The first kappa shape index (κ1) is 12.1. The van der Waals surface area contributed by atoms with Gasteiger partial charge in [0.05, 0.1) is 0 Å². The van der Waals surface area contributed by atoms with E-state index >= 15 is 0 Å².